The predicted octanol–water partition coefficient (Wildman–Crippen LogP) is 6.42. The van der Waals surface area contributed by atoms with Gasteiger partial charge in [0.2, 0.25) is 6.08 Å². The monoisotopic (exact) mass is 467 g/mol. The summed E-state index contributed by atoms with van der Waals surface area (Å²) in [6.45, 7) is 16.5. The van der Waals surface area contributed by atoms with Crippen molar-refractivity contribution < 1.29 is 14.7 Å². The second kappa shape index (κ2) is 7.39. The van der Waals surface area contributed by atoms with E-state index in [1.54, 1.807) is 0 Å². The Kier molecular flexibility index (Phi) is 5.31. The van der Waals surface area contributed by atoms with Gasteiger partial charge in [-0.05, 0) is 108 Å². The van der Waals surface area contributed by atoms with E-state index >= 15 is 0 Å². The molecule has 0 radical (unpaired) electrons. The minimum Gasteiger partial charge on any atom is -0.393 e. The Balaban J connectivity index is 1.62. The van der Waals surface area contributed by atoms with Gasteiger partial charge in [0.25, 0.3) is 0 Å². The van der Waals surface area contributed by atoms with E-state index in [1.165, 1.54) is 24.8 Å². The van der Waals surface area contributed by atoms with Crippen molar-refractivity contribution in [1.82, 2.24) is 0 Å². The standard InChI is InChI=1S/C30H45NO3/c1-18(2)24-20(33)16-30(31-17-32)15-14-28(6)19(25(24)30)8-9-22-27(5)12-11-23(34)26(3,4)21(27)10-13-29(22,28)7/h18-19,21-23,34H,8-16H2,1-7H3/t19-,21+,22-,23+,27+,28-,29-,30-/m1/s1. The number of hydrogen-bond acceptors (Lipinski definition) is 4. The van der Waals surface area contributed by atoms with E-state index in [-0.39, 0.29) is 39.5 Å². The van der Waals surface area contributed by atoms with Gasteiger partial charge in [0.15, 0.2) is 5.78 Å². The average molecular weight is 468 g/mol. The normalized spacial score (nSPS) is 49.6. The van der Waals surface area contributed by atoms with Crippen LogP contribution in [0.15, 0.2) is 16.1 Å². The fourth-order valence-electron chi connectivity index (χ4n) is 10.8. The highest BCUT2D eigenvalue weighted by molar-refractivity contribution is 6.01. The van der Waals surface area contributed by atoms with E-state index < -0.39 is 5.54 Å². The zero-order chi connectivity index (χ0) is 24.9. The van der Waals surface area contributed by atoms with E-state index in [4.69, 9.17) is 0 Å². The number of isocyanates is 1. The van der Waals surface area contributed by atoms with Gasteiger partial charge in [0, 0.05) is 6.42 Å². The molecule has 1 N–H and O–H groups in total. The van der Waals surface area contributed by atoms with Crippen molar-refractivity contribution in [2.24, 2.45) is 50.3 Å². The maximum Gasteiger partial charge on any atom is 0.235 e. The third-order valence-electron chi connectivity index (χ3n) is 12.6. The fourth-order valence-corrected chi connectivity index (χ4v) is 10.8. The number of ketones is 1. The first-order valence-corrected chi connectivity index (χ1v) is 13.8. The van der Waals surface area contributed by atoms with Crippen LogP contribution in [0.5, 0.6) is 0 Å². The molecule has 0 spiro atoms. The minimum atomic E-state index is -0.635. The highest BCUT2D eigenvalue weighted by Gasteiger charge is 2.70. The minimum absolute atomic E-state index is 0.0440. The second-order valence-corrected chi connectivity index (χ2v) is 14.3. The Hall–Kier alpha value is -1.25. The van der Waals surface area contributed by atoms with Crippen LogP contribution in [0.1, 0.15) is 106 Å². The first kappa shape index (κ1) is 24.4. The van der Waals surface area contributed by atoms with Gasteiger partial charge >= 0.3 is 0 Å². The topological polar surface area (TPSA) is 66.7 Å². The number of allylic oxidation sites excluding steroid dienone is 1. The van der Waals surface area contributed by atoms with E-state index in [2.05, 4.69) is 53.5 Å². The molecule has 34 heavy (non-hydrogen) atoms. The van der Waals surface area contributed by atoms with Gasteiger partial charge in [-0.15, -0.1) is 0 Å². The SMILES string of the molecule is CC(C)C1=C2[C@H]3CC[C@@H]4[C@@]5(C)CC[C@H](O)C(C)(C)[C@@H]5CC[C@@]4(C)[C@]3(C)CC[C@@]2(N=C=O)CC1=O. The van der Waals surface area contributed by atoms with Crippen LogP contribution in [0, 0.1) is 45.3 Å². The third kappa shape index (κ3) is 2.79. The molecular formula is C30H45NO3. The Morgan fingerprint density at radius 1 is 0.912 bits per heavy atom. The van der Waals surface area contributed by atoms with Gasteiger partial charge in [0.05, 0.1) is 6.10 Å². The van der Waals surface area contributed by atoms with Crippen LogP contribution in [-0.2, 0) is 9.59 Å². The van der Waals surface area contributed by atoms with E-state index in [0.717, 1.165) is 37.7 Å². The summed E-state index contributed by atoms with van der Waals surface area (Å²) < 4.78 is 0. The first-order chi connectivity index (χ1) is 15.8. The molecule has 0 saturated heterocycles. The fraction of sp³-hybridized carbons (Fsp3) is 0.867. The van der Waals surface area contributed by atoms with Crippen molar-refractivity contribution in [1.29, 1.82) is 0 Å². The molecule has 4 saturated carbocycles. The largest absolute Gasteiger partial charge is 0.393 e. The molecule has 0 aromatic heterocycles. The number of rotatable bonds is 2. The quantitative estimate of drug-likeness (QED) is 0.376. The van der Waals surface area contributed by atoms with E-state index in [1.807, 2.05) is 6.08 Å². The number of Topliss-reactive ketones (excluding diaryl/α,β-unsaturated/α-hetero) is 1. The summed E-state index contributed by atoms with van der Waals surface area (Å²) in [6.07, 6.45) is 10.5. The lowest BCUT2D eigenvalue weighted by Crippen LogP contribution is -2.65. The second-order valence-electron chi connectivity index (χ2n) is 14.3. The molecule has 4 fully saturated rings. The van der Waals surface area contributed by atoms with Crippen molar-refractivity contribution in [3.05, 3.63) is 11.1 Å². The Morgan fingerprint density at radius 3 is 2.26 bits per heavy atom. The molecule has 5 rings (SSSR count). The summed E-state index contributed by atoms with van der Waals surface area (Å²) in [6, 6.07) is 0. The molecule has 0 unspecified atom stereocenters. The number of nitrogens with zero attached hydrogens (tertiary/aromatic N) is 1. The molecule has 0 amide bonds. The zero-order valence-corrected chi connectivity index (χ0v) is 22.5. The van der Waals surface area contributed by atoms with E-state index in [9.17, 15) is 14.7 Å². The molecule has 4 nitrogen and oxygen atoms in total. The van der Waals surface area contributed by atoms with Gasteiger partial charge in [-0.25, -0.2) is 4.79 Å². The van der Waals surface area contributed by atoms with Crippen LogP contribution in [0.3, 0.4) is 0 Å². The van der Waals surface area contributed by atoms with Gasteiger partial charge < -0.3 is 5.11 Å². The number of carbonyl (C=O) groups is 1. The summed E-state index contributed by atoms with van der Waals surface area (Å²) in [5.74, 6) is 1.84. The zero-order valence-electron chi connectivity index (χ0n) is 22.5. The maximum atomic E-state index is 13.3. The Bertz CT molecular complexity index is 989. The number of aliphatic hydroxyl groups excluding tert-OH is 1. The highest BCUT2D eigenvalue weighted by atomic mass is 16.3. The van der Waals surface area contributed by atoms with Crippen molar-refractivity contribution in [2.75, 3.05) is 0 Å². The number of hydrogen-bond donors (Lipinski definition) is 1. The lowest BCUT2D eigenvalue weighted by atomic mass is 9.33. The van der Waals surface area contributed by atoms with E-state index in [0.29, 0.717) is 24.2 Å². The summed E-state index contributed by atoms with van der Waals surface area (Å²) in [4.78, 5) is 29.2. The number of aliphatic hydroxyl groups is 1. The van der Waals surface area contributed by atoms with Crippen LogP contribution in [0.25, 0.3) is 0 Å². The highest BCUT2D eigenvalue weighted by Crippen LogP contribution is 2.76. The molecular weight excluding hydrogens is 422 g/mol. The predicted molar refractivity (Wildman–Crippen MR) is 134 cm³/mol. The van der Waals surface area contributed by atoms with Crippen LogP contribution in [0.4, 0.5) is 0 Å². The van der Waals surface area contributed by atoms with Crippen molar-refractivity contribution in [2.45, 2.75) is 118 Å². The molecule has 0 aromatic rings. The van der Waals surface area contributed by atoms with Crippen molar-refractivity contribution in [3.63, 3.8) is 0 Å². The van der Waals surface area contributed by atoms with Gasteiger partial charge in [0.1, 0.15) is 5.54 Å². The molecule has 0 heterocycles. The maximum absolute atomic E-state index is 13.3. The number of carbonyl (C=O) groups excluding carboxylic acids is 2. The van der Waals surface area contributed by atoms with Crippen LogP contribution in [0.2, 0.25) is 0 Å². The average Bonchev–Trinajstić information content (AvgIpc) is 3.04. The molecule has 4 heteroatoms. The van der Waals surface area contributed by atoms with Gasteiger partial charge in [-0.2, -0.15) is 4.99 Å². The molecule has 8 atom stereocenters. The number of aliphatic imine (C=N–C) groups is 1. The van der Waals surface area contributed by atoms with Crippen molar-refractivity contribution in [3.8, 4) is 0 Å². The number of fused-ring (bicyclic) bond motifs is 7. The molecule has 188 valence electrons. The summed E-state index contributed by atoms with van der Waals surface area (Å²) in [5.41, 5.74) is 2.01. The van der Waals surface area contributed by atoms with Crippen LogP contribution < -0.4 is 0 Å². The Morgan fingerprint density at radius 2 is 1.62 bits per heavy atom. The summed E-state index contributed by atoms with van der Waals surface area (Å²) in [5, 5.41) is 10.9. The van der Waals surface area contributed by atoms with Gasteiger partial charge in [-0.1, -0.05) is 48.5 Å². The third-order valence-corrected chi connectivity index (χ3v) is 12.6. The lowest BCUT2D eigenvalue weighted by molar-refractivity contribution is -0.226. The smallest absolute Gasteiger partial charge is 0.235 e. The van der Waals surface area contributed by atoms with Crippen molar-refractivity contribution >= 4 is 11.9 Å². The molecule has 0 aliphatic heterocycles. The van der Waals surface area contributed by atoms with Crippen LogP contribution >= 0.6 is 0 Å². The molecule has 5 aliphatic rings. The molecule has 0 aromatic carbocycles. The summed E-state index contributed by atoms with van der Waals surface area (Å²) >= 11 is 0. The molecule has 5 aliphatic carbocycles. The van der Waals surface area contributed by atoms with Gasteiger partial charge in [-0.3, -0.25) is 4.79 Å². The first-order valence-electron chi connectivity index (χ1n) is 13.8. The molecule has 0 bridgehead atoms. The Labute approximate surface area is 206 Å². The summed E-state index contributed by atoms with van der Waals surface area (Å²) in [7, 11) is 0. The lowest BCUT2D eigenvalue weighted by Gasteiger charge is -2.71. The van der Waals surface area contributed by atoms with Crippen LogP contribution in [-0.4, -0.2) is 28.6 Å².